The number of aromatic nitrogens is 2. The zero-order valence-electron chi connectivity index (χ0n) is 11.8. The molecule has 104 valence electrons. The highest BCUT2D eigenvalue weighted by molar-refractivity contribution is 5.39. The van der Waals surface area contributed by atoms with Crippen LogP contribution in [0.15, 0.2) is 29.1 Å². The predicted molar refractivity (Wildman–Crippen MR) is 77.5 cm³/mol. The molecule has 1 aromatic heterocycles. The van der Waals surface area contributed by atoms with Gasteiger partial charge in [0.2, 0.25) is 5.88 Å². The molecule has 0 saturated heterocycles. The maximum absolute atomic E-state index is 11.6. The largest absolute Gasteiger partial charge is 0.439 e. The molecule has 0 bridgehead atoms. The Balaban J connectivity index is 1.89. The molecule has 0 amide bonds. The first-order chi connectivity index (χ1) is 9.61. The van der Waals surface area contributed by atoms with E-state index < -0.39 is 0 Å². The van der Waals surface area contributed by atoms with Crippen molar-refractivity contribution < 1.29 is 4.74 Å². The molecule has 20 heavy (non-hydrogen) atoms. The second kappa shape index (κ2) is 5.12. The Bertz CT molecular complexity index is 689. The van der Waals surface area contributed by atoms with E-state index in [-0.39, 0.29) is 11.5 Å². The van der Waals surface area contributed by atoms with Crippen molar-refractivity contribution in [3.8, 4) is 11.6 Å². The summed E-state index contributed by atoms with van der Waals surface area (Å²) in [5, 5.41) is 0. The quantitative estimate of drug-likeness (QED) is 0.932. The number of ether oxygens (including phenoxy) is 1. The van der Waals surface area contributed by atoms with Gasteiger partial charge in [-0.2, -0.15) is 4.98 Å². The summed E-state index contributed by atoms with van der Waals surface area (Å²) in [7, 11) is 0. The van der Waals surface area contributed by atoms with Crippen LogP contribution < -0.4 is 10.3 Å². The SMILES string of the molecule is CC(C)c1nc(Oc2ccc3c(c2)CCC3)cc(=O)[nH]1. The molecule has 1 N–H and O–H groups in total. The molecule has 0 saturated carbocycles. The van der Waals surface area contributed by atoms with Crippen LogP contribution in [-0.4, -0.2) is 9.97 Å². The molecule has 0 atom stereocenters. The third-order valence-corrected chi connectivity index (χ3v) is 3.58. The van der Waals surface area contributed by atoms with E-state index in [4.69, 9.17) is 4.74 Å². The van der Waals surface area contributed by atoms with Crippen LogP contribution in [0.3, 0.4) is 0 Å². The van der Waals surface area contributed by atoms with Crippen molar-refractivity contribution in [2.24, 2.45) is 0 Å². The van der Waals surface area contributed by atoms with Crippen molar-refractivity contribution >= 4 is 0 Å². The average Bonchev–Trinajstić information content (AvgIpc) is 2.85. The van der Waals surface area contributed by atoms with E-state index in [2.05, 4.69) is 22.1 Å². The fourth-order valence-electron chi connectivity index (χ4n) is 2.51. The maximum Gasteiger partial charge on any atom is 0.254 e. The number of rotatable bonds is 3. The number of H-pyrrole nitrogens is 1. The van der Waals surface area contributed by atoms with Gasteiger partial charge in [-0.05, 0) is 42.5 Å². The van der Waals surface area contributed by atoms with Crippen molar-refractivity contribution in [1.29, 1.82) is 0 Å². The van der Waals surface area contributed by atoms with Gasteiger partial charge in [0.1, 0.15) is 11.6 Å². The van der Waals surface area contributed by atoms with Crippen LogP contribution in [0.25, 0.3) is 0 Å². The van der Waals surface area contributed by atoms with E-state index in [1.165, 1.54) is 23.6 Å². The molecule has 1 aliphatic carbocycles. The Morgan fingerprint density at radius 3 is 2.80 bits per heavy atom. The van der Waals surface area contributed by atoms with Gasteiger partial charge in [0, 0.05) is 5.92 Å². The van der Waals surface area contributed by atoms with Crippen LogP contribution in [0.5, 0.6) is 11.6 Å². The highest BCUT2D eigenvalue weighted by Gasteiger charge is 2.12. The number of hydrogen-bond donors (Lipinski definition) is 1. The summed E-state index contributed by atoms with van der Waals surface area (Å²) < 4.78 is 5.74. The van der Waals surface area contributed by atoms with Crippen LogP contribution in [0.4, 0.5) is 0 Å². The lowest BCUT2D eigenvalue weighted by Gasteiger charge is -2.09. The van der Waals surface area contributed by atoms with Crippen LogP contribution in [0.2, 0.25) is 0 Å². The van der Waals surface area contributed by atoms with Gasteiger partial charge in [0.05, 0.1) is 6.07 Å². The van der Waals surface area contributed by atoms with Crippen LogP contribution >= 0.6 is 0 Å². The molecular formula is C16H18N2O2. The van der Waals surface area contributed by atoms with Crippen molar-refractivity contribution in [2.75, 3.05) is 0 Å². The molecule has 1 aromatic carbocycles. The predicted octanol–water partition coefficient (Wildman–Crippen LogP) is 3.17. The number of hydrogen-bond acceptors (Lipinski definition) is 3. The summed E-state index contributed by atoms with van der Waals surface area (Å²) in [5.74, 6) is 1.91. The smallest absolute Gasteiger partial charge is 0.254 e. The monoisotopic (exact) mass is 270 g/mol. The molecule has 0 unspecified atom stereocenters. The minimum atomic E-state index is -0.181. The molecule has 0 spiro atoms. The lowest BCUT2D eigenvalue weighted by molar-refractivity contribution is 0.455. The topological polar surface area (TPSA) is 55.0 Å². The highest BCUT2D eigenvalue weighted by Crippen LogP contribution is 2.28. The van der Waals surface area contributed by atoms with Gasteiger partial charge >= 0.3 is 0 Å². The molecule has 0 fully saturated rings. The number of aromatic amines is 1. The highest BCUT2D eigenvalue weighted by atomic mass is 16.5. The van der Waals surface area contributed by atoms with Gasteiger partial charge in [0.15, 0.2) is 0 Å². The van der Waals surface area contributed by atoms with Crippen LogP contribution in [0.1, 0.15) is 43.1 Å². The first kappa shape index (κ1) is 12.9. The fraction of sp³-hybridized carbons (Fsp3) is 0.375. The summed E-state index contributed by atoms with van der Waals surface area (Å²) in [5.41, 5.74) is 2.57. The average molecular weight is 270 g/mol. The molecular weight excluding hydrogens is 252 g/mol. The lowest BCUT2D eigenvalue weighted by Crippen LogP contribution is -2.11. The Labute approximate surface area is 117 Å². The summed E-state index contributed by atoms with van der Waals surface area (Å²) in [6, 6.07) is 7.50. The zero-order chi connectivity index (χ0) is 14.1. The van der Waals surface area contributed by atoms with E-state index in [1.54, 1.807) is 0 Å². The minimum Gasteiger partial charge on any atom is -0.439 e. The van der Waals surface area contributed by atoms with Crippen molar-refractivity contribution in [1.82, 2.24) is 9.97 Å². The van der Waals surface area contributed by atoms with E-state index in [0.717, 1.165) is 18.6 Å². The second-order valence-electron chi connectivity index (χ2n) is 5.51. The summed E-state index contributed by atoms with van der Waals surface area (Å²) >= 11 is 0. The van der Waals surface area contributed by atoms with Crippen molar-refractivity contribution in [3.63, 3.8) is 0 Å². The first-order valence-corrected chi connectivity index (χ1v) is 7.03. The molecule has 4 heteroatoms. The zero-order valence-corrected chi connectivity index (χ0v) is 11.8. The normalized spacial score (nSPS) is 13.6. The number of nitrogens with one attached hydrogen (secondary N) is 1. The van der Waals surface area contributed by atoms with Gasteiger partial charge in [-0.1, -0.05) is 19.9 Å². The Morgan fingerprint density at radius 2 is 2.00 bits per heavy atom. The minimum absolute atomic E-state index is 0.159. The third-order valence-electron chi connectivity index (χ3n) is 3.58. The van der Waals surface area contributed by atoms with Gasteiger partial charge in [-0.3, -0.25) is 4.79 Å². The Morgan fingerprint density at radius 1 is 1.20 bits per heavy atom. The first-order valence-electron chi connectivity index (χ1n) is 7.03. The number of fused-ring (bicyclic) bond motifs is 1. The standard InChI is InChI=1S/C16H18N2O2/c1-10(2)16-17-14(19)9-15(18-16)20-13-7-6-11-4-3-5-12(11)8-13/h6-10H,3-5H2,1-2H3,(H,17,18,19). The second-order valence-corrected chi connectivity index (χ2v) is 5.51. The van der Waals surface area contributed by atoms with E-state index >= 15 is 0 Å². The number of benzene rings is 1. The molecule has 4 nitrogen and oxygen atoms in total. The van der Waals surface area contributed by atoms with Gasteiger partial charge in [-0.25, -0.2) is 0 Å². The van der Waals surface area contributed by atoms with Crippen LogP contribution in [-0.2, 0) is 12.8 Å². The Kier molecular flexibility index (Phi) is 3.30. The number of nitrogens with zero attached hydrogens (tertiary/aromatic N) is 1. The van der Waals surface area contributed by atoms with Gasteiger partial charge in [0.25, 0.3) is 5.56 Å². The molecule has 2 aromatic rings. The summed E-state index contributed by atoms with van der Waals surface area (Å²) in [4.78, 5) is 18.7. The fourth-order valence-corrected chi connectivity index (χ4v) is 2.51. The summed E-state index contributed by atoms with van der Waals surface area (Å²) in [6.07, 6.45) is 3.46. The molecule has 0 radical (unpaired) electrons. The molecule has 3 rings (SSSR count). The molecule has 1 heterocycles. The van der Waals surface area contributed by atoms with E-state index in [0.29, 0.717) is 11.7 Å². The van der Waals surface area contributed by atoms with E-state index in [1.807, 2.05) is 19.9 Å². The van der Waals surface area contributed by atoms with E-state index in [9.17, 15) is 4.79 Å². The maximum atomic E-state index is 11.6. The Hall–Kier alpha value is -2.10. The lowest BCUT2D eigenvalue weighted by atomic mass is 10.1. The van der Waals surface area contributed by atoms with Crippen LogP contribution in [0, 0.1) is 0 Å². The van der Waals surface area contributed by atoms with Crippen molar-refractivity contribution in [3.05, 3.63) is 51.6 Å². The summed E-state index contributed by atoms with van der Waals surface area (Å²) in [6.45, 7) is 3.97. The van der Waals surface area contributed by atoms with Gasteiger partial charge < -0.3 is 9.72 Å². The molecule has 1 aliphatic rings. The molecule has 0 aliphatic heterocycles. The van der Waals surface area contributed by atoms with Crippen molar-refractivity contribution in [2.45, 2.75) is 39.0 Å². The third kappa shape index (κ3) is 2.59. The number of aryl methyl sites for hydroxylation is 2. The van der Waals surface area contributed by atoms with Gasteiger partial charge in [-0.15, -0.1) is 0 Å².